The molecular formula is C20H18N2O3S. The Hall–Kier alpha value is -2.73. The van der Waals surface area contributed by atoms with Crippen molar-refractivity contribution in [2.75, 3.05) is 12.9 Å². The summed E-state index contributed by atoms with van der Waals surface area (Å²) < 4.78 is 10.7. The molecule has 0 fully saturated rings. The third-order valence-electron chi connectivity index (χ3n) is 4.16. The summed E-state index contributed by atoms with van der Waals surface area (Å²) in [7, 11) is 1.40. The van der Waals surface area contributed by atoms with Gasteiger partial charge >= 0.3 is 5.97 Å². The van der Waals surface area contributed by atoms with Crippen LogP contribution in [0.3, 0.4) is 0 Å². The van der Waals surface area contributed by atoms with E-state index in [1.54, 1.807) is 11.8 Å². The number of fused-ring (bicyclic) bond motifs is 1. The molecule has 0 saturated carbocycles. The summed E-state index contributed by atoms with van der Waals surface area (Å²) >= 11 is 1.65. The van der Waals surface area contributed by atoms with Crippen LogP contribution in [0.1, 0.15) is 12.1 Å². The molecule has 0 bridgehead atoms. The number of ether oxygens (including phenoxy) is 2. The zero-order chi connectivity index (χ0) is 17.9. The van der Waals surface area contributed by atoms with Crippen LogP contribution in [-0.2, 0) is 9.53 Å². The average molecular weight is 366 g/mol. The van der Waals surface area contributed by atoms with Crippen LogP contribution in [-0.4, -0.2) is 34.9 Å². The van der Waals surface area contributed by atoms with E-state index in [2.05, 4.69) is 16.0 Å². The van der Waals surface area contributed by atoms with Crippen molar-refractivity contribution < 1.29 is 14.3 Å². The SMILES string of the molecule is COC(=O)C[C@@H]1CSC(c2cc3cccc(Oc4ccccc4)c3[nH]2)=N1. The molecule has 132 valence electrons. The van der Waals surface area contributed by atoms with E-state index in [0.29, 0.717) is 6.42 Å². The summed E-state index contributed by atoms with van der Waals surface area (Å²) in [5, 5.41) is 1.98. The van der Waals surface area contributed by atoms with Crippen molar-refractivity contribution in [2.24, 2.45) is 4.99 Å². The molecule has 1 atom stereocenters. The molecule has 1 aliphatic heterocycles. The Labute approximate surface area is 155 Å². The zero-order valence-electron chi connectivity index (χ0n) is 14.3. The smallest absolute Gasteiger partial charge is 0.307 e. The van der Waals surface area contributed by atoms with Gasteiger partial charge in [-0.25, -0.2) is 0 Å². The number of carbonyl (C=O) groups excluding carboxylic acids is 1. The number of esters is 1. The van der Waals surface area contributed by atoms with Crippen molar-refractivity contribution in [2.45, 2.75) is 12.5 Å². The quantitative estimate of drug-likeness (QED) is 0.681. The molecule has 5 nitrogen and oxygen atoms in total. The van der Waals surface area contributed by atoms with Crippen LogP contribution in [0.4, 0.5) is 0 Å². The summed E-state index contributed by atoms with van der Waals surface area (Å²) in [4.78, 5) is 19.5. The summed E-state index contributed by atoms with van der Waals surface area (Å²) in [5.41, 5.74) is 1.88. The number of aromatic nitrogens is 1. The number of methoxy groups -OCH3 is 1. The van der Waals surface area contributed by atoms with Crippen LogP contribution in [0.2, 0.25) is 0 Å². The highest BCUT2D eigenvalue weighted by atomic mass is 32.2. The molecule has 26 heavy (non-hydrogen) atoms. The molecule has 3 aromatic rings. The molecular weight excluding hydrogens is 348 g/mol. The number of thioether (sulfide) groups is 1. The van der Waals surface area contributed by atoms with Crippen LogP contribution in [0, 0.1) is 0 Å². The van der Waals surface area contributed by atoms with E-state index >= 15 is 0 Å². The van der Waals surface area contributed by atoms with E-state index in [-0.39, 0.29) is 12.0 Å². The van der Waals surface area contributed by atoms with Crippen LogP contribution in [0.5, 0.6) is 11.5 Å². The van der Waals surface area contributed by atoms with Gasteiger partial charge in [-0.2, -0.15) is 0 Å². The molecule has 0 unspecified atom stereocenters. The molecule has 6 heteroatoms. The number of H-pyrrole nitrogens is 1. The molecule has 2 heterocycles. The highest BCUT2D eigenvalue weighted by molar-refractivity contribution is 8.14. The monoisotopic (exact) mass is 366 g/mol. The average Bonchev–Trinajstić information content (AvgIpc) is 3.29. The minimum absolute atomic E-state index is 0.0334. The lowest BCUT2D eigenvalue weighted by molar-refractivity contribution is -0.140. The van der Waals surface area contributed by atoms with E-state index in [4.69, 9.17) is 9.47 Å². The van der Waals surface area contributed by atoms with Gasteiger partial charge in [0.2, 0.25) is 0 Å². The highest BCUT2D eigenvalue weighted by Gasteiger charge is 2.23. The van der Waals surface area contributed by atoms with Crippen molar-refractivity contribution in [3.05, 3.63) is 60.3 Å². The van der Waals surface area contributed by atoms with Crippen molar-refractivity contribution in [1.29, 1.82) is 0 Å². The zero-order valence-corrected chi connectivity index (χ0v) is 15.1. The van der Waals surface area contributed by atoms with Crippen LogP contribution >= 0.6 is 11.8 Å². The minimum Gasteiger partial charge on any atom is -0.469 e. The summed E-state index contributed by atoms with van der Waals surface area (Å²) in [5.74, 6) is 2.13. The first-order chi connectivity index (χ1) is 12.7. The first kappa shape index (κ1) is 16.7. The molecule has 1 aromatic heterocycles. The molecule has 0 spiro atoms. The molecule has 4 rings (SSSR count). The third kappa shape index (κ3) is 3.46. The van der Waals surface area contributed by atoms with Crippen molar-refractivity contribution in [3.8, 4) is 11.5 Å². The second-order valence-corrected chi connectivity index (χ2v) is 7.01. The van der Waals surface area contributed by atoms with E-state index in [1.807, 2.05) is 48.5 Å². The van der Waals surface area contributed by atoms with Gasteiger partial charge in [-0.1, -0.05) is 30.3 Å². The third-order valence-corrected chi connectivity index (χ3v) is 5.31. The molecule has 0 radical (unpaired) electrons. The van der Waals surface area contributed by atoms with Gasteiger partial charge in [-0.15, -0.1) is 11.8 Å². The Kier molecular flexibility index (Phi) is 4.67. The van der Waals surface area contributed by atoms with Gasteiger partial charge in [0.25, 0.3) is 0 Å². The van der Waals surface area contributed by atoms with Crippen molar-refractivity contribution in [3.63, 3.8) is 0 Å². The fraction of sp³-hybridized carbons (Fsp3) is 0.200. The minimum atomic E-state index is -0.226. The normalized spacial score (nSPS) is 16.5. The van der Waals surface area contributed by atoms with Gasteiger partial charge < -0.3 is 14.5 Å². The van der Waals surface area contributed by atoms with Crippen LogP contribution < -0.4 is 4.74 Å². The molecule has 1 N–H and O–H groups in total. The number of para-hydroxylation sites is 2. The fourth-order valence-corrected chi connectivity index (χ4v) is 3.92. The molecule has 0 saturated heterocycles. The molecule has 1 aliphatic rings. The lowest BCUT2D eigenvalue weighted by Crippen LogP contribution is -2.12. The van der Waals surface area contributed by atoms with Crippen molar-refractivity contribution in [1.82, 2.24) is 4.98 Å². The molecule has 0 aliphatic carbocycles. The lowest BCUT2D eigenvalue weighted by Gasteiger charge is -2.06. The van der Waals surface area contributed by atoms with Gasteiger partial charge in [0.1, 0.15) is 10.8 Å². The maximum Gasteiger partial charge on any atom is 0.307 e. The number of nitrogens with zero attached hydrogens (tertiary/aromatic N) is 1. The highest BCUT2D eigenvalue weighted by Crippen LogP contribution is 2.32. The Balaban J connectivity index is 1.61. The number of carbonyl (C=O) groups is 1. The number of hydrogen-bond donors (Lipinski definition) is 1. The van der Waals surface area contributed by atoms with Gasteiger partial charge in [0, 0.05) is 11.1 Å². The van der Waals surface area contributed by atoms with Gasteiger partial charge in [0.05, 0.1) is 30.8 Å². The number of hydrogen-bond acceptors (Lipinski definition) is 5. The topological polar surface area (TPSA) is 63.7 Å². The van der Waals surface area contributed by atoms with Crippen LogP contribution in [0.15, 0.2) is 59.6 Å². The second-order valence-electron chi connectivity index (χ2n) is 6.00. The summed E-state index contributed by atoms with van der Waals surface area (Å²) in [6.45, 7) is 0. The lowest BCUT2D eigenvalue weighted by atomic mass is 10.2. The molecule has 0 amide bonds. The van der Waals surface area contributed by atoms with Crippen LogP contribution in [0.25, 0.3) is 10.9 Å². The fourth-order valence-electron chi connectivity index (χ4n) is 2.89. The summed E-state index contributed by atoms with van der Waals surface area (Å²) in [6, 6.07) is 17.7. The second kappa shape index (κ2) is 7.25. The molecule has 2 aromatic carbocycles. The Morgan fingerprint density at radius 3 is 2.88 bits per heavy atom. The van der Waals surface area contributed by atoms with Gasteiger partial charge in [0.15, 0.2) is 5.75 Å². The first-order valence-corrected chi connectivity index (χ1v) is 9.34. The Morgan fingerprint density at radius 1 is 1.23 bits per heavy atom. The number of rotatable bonds is 5. The van der Waals surface area contributed by atoms with Gasteiger partial charge in [-0.05, 0) is 24.3 Å². The Bertz CT molecular complexity index is 966. The van der Waals surface area contributed by atoms with E-state index in [9.17, 15) is 4.79 Å². The van der Waals surface area contributed by atoms with Crippen molar-refractivity contribution >= 4 is 33.7 Å². The maximum atomic E-state index is 11.4. The Morgan fingerprint density at radius 2 is 2.08 bits per heavy atom. The number of nitrogens with one attached hydrogen (secondary N) is 1. The predicted molar refractivity (Wildman–Crippen MR) is 104 cm³/mol. The predicted octanol–water partition coefficient (Wildman–Crippen LogP) is 4.39. The maximum absolute atomic E-state index is 11.4. The van der Waals surface area contributed by atoms with E-state index in [0.717, 1.165) is 38.9 Å². The number of benzene rings is 2. The van der Waals surface area contributed by atoms with E-state index in [1.165, 1.54) is 7.11 Å². The largest absolute Gasteiger partial charge is 0.469 e. The number of aliphatic imine (C=N–C) groups is 1. The summed E-state index contributed by atoms with van der Waals surface area (Å²) in [6.07, 6.45) is 0.315. The standard InChI is InChI=1S/C20H18N2O3S/c1-24-18(23)11-14-12-26-20(21-14)16-10-13-6-5-9-17(19(13)22-16)25-15-7-3-2-4-8-15/h2-10,14,22H,11-12H2,1H3/t14-/m1/s1. The first-order valence-electron chi connectivity index (χ1n) is 8.35. The number of aromatic amines is 1. The van der Waals surface area contributed by atoms with Gasteiger partial charge in [-0.3, -0.25) is 9.79 Å². The van der Waals surface area contributed by atoms with E-state index < -0.39 is 0 Å².